The zero-order valence-electron chi connectivity index (χ0n) is 10.6. The van der Waals surface area contributed by atoms with E-state index in [9.17, 15) is 5.11 Å². The standard InChI is InChI=1S/C15H24O/c1-11-5-4-8-15(2,3)14-9-12(10-16)6-7-13(11)14/h9,13-14,16H,1,4-8,10H2,2-3H3/t13-,14+/m1/s1. The molecular weight excluding hydrogens is 196 g/mol. The van der Waals surface area contributed by atoms with Gasteiger partial charge in [0.2, 0.25) is 0 Å². The average Bonchev–Trinajstić information content (AvgIpc) is 2.37. The first-order chi connectivity index (χ1) is 7.54. The maximum atomic E-state index is 9.30. The highest BCUT2D eigenvalue weighted by Gasteiger charge is 2.39. The first kappa shape index (κ1) is 11.9. The molecule has 0 aromatic rings. The third kappa shape index (κ3) is 2.10. The van der Waals surface area contributed by atoms with Crippen LogP contribution in [0.25, 0.3) is 0 Å². The van der Waals surface area contributed by atoms with E-state index in [4.69, 9.17) is 0 Å². The molecule has 1 fully saturated rings. The predicted octanol–water partition coefficient (Wildman–Crippen LogP) is 3.70. The maximum absolute atomic E-state index is 9.30. The Morgan fingerprint density at radius 1 is 1.44 bits per heavy atom. The van der Waals surface area contributed by atoms with Gasteiger partial charge in [-0.25, -0.2) is 0 Å². The highest BCUT2D eigenvalue weighted by atomic mass is 16.3. The number of aliphatic hydroxyl groups is 1. The summed E-state index contributed by atoms with van der Waals surface area (Å²) >= 11 is 0. The molecule has 0 amide bonds. The summed E-state index contributed by atoms with van der Waals surface area (Å²) in [4.78, 5) is 0. The summed E-state index contributed by atoms with van der Waals surface area (Å²) in [6.07, 6.45) is 8.37. The van der Waals surface area contributed by atoms with Gasteiger partial charge in [0.05, 0.1) is 6.61 Å². The Morgan fingerprint density at radius 3 is 2.88 bits per heavy atom. The van der Waals surface area contributed by atoms with Gasteiger partial charge in [-0.05, 0) is 54.9 Å². The third-order valence-corrected chi connectivity index (χ3v) is 4.57. The zero-order chi connectivity index (χ0) is 11.8. The molecule has 0 saturated heterocycles. The van der Waals surface area contributed by atoms with Crippen LogP contribution in [0.15, 0.2) is 23.8 Å². The van der Waals surface area contributed by atoms with Crippen molar-refractivity contribution < 1.29 is 5.11 Å². The number of fused-ring (bicyclic) bond motifs is 1. The lowest BCUT2D eigenvalue weighted by atomic mass is 9.65. The van der Waals surface area contributed by atoms with E-state index in [1.165, 1.54) is 36.8 Å². The van der Waals surface area contributed by atoms with Crippen molar-refractivity contribution in [3.8, 4) is 0 Å². The lowest BCUT2D eigenvalue weighted by molar-refractivity contribution is 0.182. The van der Waals surface area contributed by atoms with Crippen LogP contribution in [0.3, 0.4) is 0 Å². The van der Waals surface area contributed by atoms with Crippen LogP contribution >= 0.6 is 0 Å². The number of rotatable bonds is 1. The van der Waals surface area contributed by atoms with Gasteiger partial charge in [0.1, 0.15) is 0 Å². The van der Waals surface area contributed by atoms with Gasteiger partial charge in [-0.15, -0.1) is 0 Å². The minimum absolute atomic E-state index is 0.242. The number of aliphatic hydroxyl groups excluding tert-OH is 1. The predicted molar refractivity (Wildman–Crippen MR) is 68.2 cm³/mol. The molecule has 0 radical (unpaired) electrons. The van der Waals surface area contributed by atoms with Gasteiger partial charge in [-0.2, -0.15) is 0 Å². The van der Waals surface area contributed by atoms with Gasteiger partial charge in [0.25, 0.3) is 0 Å². The van der Waals surface area contributed by atoms with Gasteiger partial charge >= 0.3 is 0 Å². The third-order valence-electron chi connectivity index (χ3n) is 4.57. The monoisotopic (exact) mass is 220 g/mol. The molecule has 1 nitrogen and oxygen atoms in total. The van der Waals surface area contributed by atoms with E-state index < -0.39 is 0 Å². The molecule has 1 N–H and O–H groups in total. The minimum Gasteiger partial charge on any atom is -0.392 e. The number of allylic oxidation sites excluding steroid dienone is 2. The van der Waals surface area contributed by atoms with Crippen molar-refractivity contribution in [1.29, 1.82) is 0 Å². The summed E-state index contributed by atoms with van der Waals surface area (Å²) in [5.74, 6) is 1.26. The van der Waals surface area contributed by atoms with Gasteiger partial charge in [-0.3, -0.25) is 0 Å². The second-order valence-corrected chi connectivity index (χ2v) is 6.15. The fourth-order valence-corrected chi connectivity index (χ4v) is 3.46. The molecule has 1 saturated carbocycles. The molecule has 2 rings (SSSR count). The van der Waals surface area contributed by atoms with Crippen molar-refractivity contribution in [2.75, 3.05) is 6.61 Å². The molecule has 0 unspecified atom stereocenters. The van der Waals surface area contributed by atoms with E-state index in [-0.39, 0.29) is 6.61 Å². The Morgan fingerprint density at radius 2 is 2.19 bits per heavy atom. The Labute approximate surface area is 99.3 Å². The molecular formula is C15H24O. The largest absolute Gasteiger partial charge is 0.392 e. The zero-order valence-corrected chi connectivity index (χ0v) is 10.6. The number of hydrogen-bond donors (Lipinski definition) is 1. The molecule has 0 bridgehead atoms. The molecule has 0 aromatic carbocycles. The van der Waals surface area contributed by atoms with Crippen molar-refractivity contribution in [3.63, 3.8) is 0 Å². The van der Waals surface area contributed by atoms with Crippen molar-refractivity contribution in [2.45, 2.75) is 46.0 Å². The minimum atomic E-state index is 0.242. The fraction of sp³-hybridized carbons (Fsp3) is 0.733. The molecule has 0 aliphatic heterocycles. The van der Waals surface area contributed by atoms with Crippen LogP contribution in [0.1, 0.15) is 46.0 Å². The Hall–Kier alpha value is -0.560. The SMILES string of the molecule is C=C1CCCC(C)(C)[C@H]2C=C(CO)CC[C@H]12. The second-order valence-electron chi connectivity index (χ2n) is 6.15. The van der Waals surface area contributed by atoms with Crippen LogP contribution in [0, 0.1) is 17.3 Å². The quantitative estimate of drug-likeness (QED) is 0.668. The summed E-state index contributed by atoms with van der Waals surface area (Å²) < 4.78 is 0. The maximum Gasteiger partial charge on any atom is 0.0641 e. The lowest BCUT2D eigenvalue weighted by Gasteiger charge is -2.39. The van der Waals surface area contributed by atoms with Crippen LogP contribution < -0.4 is 0 Å². The van der Waals surface area contributed by atoms with Crippen molar-refractivity contribution in [3.05, 3.63) is 23.8 Å². The summed E-state index contributed by atoms with van der Waals surface area (Å²) in [5, 5.41) is 9.30. The van der Waals surface area contributed by atoms with Gasteiger partial charge in [0.15, 0.2) is 0 Å². The highest BCUT2D eigenvalue weighted by Crippen LogP contribution is 2.49. The molecule has 90 valence electrons. The van der Waals surface area contributed by atoms with Gasteiger partial charge in [0, 0.05) is 0 Å². The van der Waals surface area contributed by atoms with E-state index in [2.05, 4.69) is 26.5 Å². The first-order valence-electron chi connectivity index (χ1n) is 6.52. The Balaban J connectivity index is 2.32. The van der Waals surface area contributed by atoms with Crippen LogP contribution in [0.2, 0.25) is 0 Å². The van der Waals surface area contributed by atoms with Crippen molar-refractivity contribution in [1.82, 2.24) is 0 Å². The summed E-state index contributed by atoms with van der Waals surface area (Å²) in [6.45, 7) is 9.28. The first-order valence-corrected chi connectivity index (χ1v) is 6.52. The average molecular weight is 220 g/mol. The second kappa shape index (κ2) is 4.37. The topological polar surface area (TPSA) is 20.2 Å². The molecule has 2 aliphatic carbocycles. The molecule has 1 heteroatoms. The fourth-order valence-electron chi connectivity index (χ4n) is 3.46. The smallest absolute Gasteiger partial charge is 0.0641 e. The molecule has 16 heavy (non-hydrogen) atoms. The van der Waals surface area contributed by atoms with E-state index in [1.807, 2.05) is 0 Å². The number of hydrogen-bond acceptors (Lipinski definition) is 1. The van der Waals surface area contributed by atoms with Crippen molar-refractivity contribution in [2.24, 2.45) is 17.3 Å². The van der Waals surface area contributed by atoms with E-state index in [0.29, 0.717) is 17.3 Å². The highest BCUT2D eigenvalue weighted by molar-refractivity contribution is 5.20. The molecule has 2 atom stereocenters. The molecule has 2 aliphatic rings. The van der Waals surface area contributed by atoms with Crippen LogP contribution in [-0.4, -0.2) is 11.7 Å². The van der Waals surface area contributed by atoms with E-state index >= 15 is 0 Å². The molecule has 0 heterocycles. The van der Waals surface area contributed by atoms with Gasteiger partial charge < -0.3 is 5.11 Å². The van der Waals surface area contributed by atoms with Crippen LogP contribution in [-0.2, 0) is 0 Å². The van der Waals surface area contributed by atoms with Crippen LogP contribution in [0.4, 0.5) is 0 Å². The summed E-state index contributed by atoms with van der Waals surface area (Å²) in [6, 6.07) is 0. The molecule has 0 spiro atoms. The summed E-state index contributed by atoms with van der Waals surface area (Å²) in [5.41, 5.74) is 3.05. The Bertz CT molecular complexity index is 311. The summed E-state index contributed by atoms with van der Waals surface area (Å²) in [7, 11) is 0. The normalized spacial score (nSPS) is 33.9. The van der Waals surface area contributed by atoms with E-state index in [0.717, 1.165) is 6.42 Å². The van der Waals surface area contributed by atoms with Gasteiger partial charge in [-0.1, -0.05) is 32.1 Å². The van der Waals surface area contributed by atoms with Crippen LogP contribution in [0.5, 0.6) is 0 Å². The van der Waals surface area contributed by atoms with Crippen molar-refractivity contribution >= 4 is 0 Å². The Kier molecular flexibility index (Phi) is 3.25. The van der Waals surface area contributed by atoms with E-state index in [1.54, 1.807) is 0 Å². The lowest BCUT2D eigenvalue weighted by Crippen LogP contribution is -2.31. The molecule has 0 aromatic heterocycles.